The number of aromatic nitrogens is 2. The summed E-state index contributed by atoms with van der Waals surface area (Å²) < 4.78 is 25.9. The fraction of sp³-hybridized carbons (Fsp3) is 0.364. The van der Waals surface area contributed by atoms with Gasteiger partial charge in [0, 0.05) is 13.1 Å². The maximum absolute atomic E-state index is 12.3. The van der Waals surface area contributed by atoms with Gasteiger partial charge in [-0.25, -0.2) is 13.4 Å². The van der Waals surface area contributed by atoms with Gasteiger partial charge < -0.3 is 4.98 Å². The number of sulfonamides is 1. The van der Waals surface area contributed by atoms with Crippen LogP contribution in [-0.2, 0) is 10.0 Å². The van der Waals surface area contributed by atoms with Crippen LogP contribution in [0.2, 0.25) is 0 Å². The number of imidazole rings is 1. The Kier molecular flexibility index (Phi) is 3.17. The standard InChI is InChI=1S/C11H15N3O2S/c1-3-14(4-2)17(15,16)9-5-6-10-11(7-9)13-8-12-10/h5-8H,3-4H2,1-2H3,(H,12,13). The number of H-pyrrole nitrogens is 1. The van der Waals surface area contributed by atoms with Crippen molar-refractivity contribution in [1.82, 2.24) is 14.3 Å². The van der Waals surface area contributed by atoms with E-state index in [1.807, 2.05) is 13.8 Å². The Bertz CT molecular complexity index is 614. The summed E-state index contributed by atoms with van der Waals surface area (Å²) in [6.45, 7) is 4.60. The van der Waals surface area contributed by atoms with E-state index in [9.17, 15) is 8.42 Å². The number of fused-ring (bicyclic) bond motifs is 1. The third kappa shape index (κ3) is 2.05. The van der Waals surface area contributed by atoms with E-state index >= 15 is 0 Å². The molecule has 17 heavy (non-hydrogen) atoms. The largest absolute Gasteiger partial charge is 0.345 e. The predicted molar refractivity (Wildman–Crippen MR) is 66.2 cm³/mol. The number of nitrogens with one attached hydrogen (secondary N) is 1. The van der Waals surface area contributed by atoms with E-state index < -0.39 is 10.0 Å². The van der Waals surface area contributed by atoms with Gasteiger partial charge in [0.05, 0.1) is 22.3 Å². The highest BCUT2D eigenvalue weighted by molar-refractivity contribution is 7.89. The molecule has 1 aromatic heterocycles. The molecule has 0 fully saturated rings. The summed E-state index contributed by atoms with van der Waals surface area (Å²) in [4.78, 5) is 7.28. The second-order valence-electron chi connectivity index (χ2n) is 3.67. The molecule has 0 aliphatic rings. The molecule has 1 heterocycles. The molecule has 0 bridgehead atoms. The third-order valence-corrected chi connectivity index (χ3v) is 4.78. The van der Waals surface area contributed by atoms with E-state index in [2.05, 4.69) is 9.97 Å². The number of hydrogen-bond acceptors (Lipinski definition) is 3. The molecule has 0 saturated heterocycles. The van der Waals surface area contributed by atoms with Crippen molar-refractivity contribution in [2.45, 2.75) is 18.7 Å². The fourth-order valence-corrected chi connectivity index (χ4v) is 3.27. The van der Waals surface area contributed by atoms with Crippen molar-refractivity contribution < 1.29 is 8.42 Å². The van der Waals surface area contributed by atoms with Crippen molar-refractivity contribution in [1.29, 1.82) is 0 Å². The normalized spacial score (nSPS) is 12.4. The van der Waals surface area contributed by atoms with E-state index in [1.54, 1.807) is 24.5 Å². The highest BCUT2D eigenvalue weighted by Gasteiger charge is 2.21. The lowest BCUT2D eigenvalue weighted by Crippen LogP contribution is -2.30. The van der Waals surface area contributed by atoms with Crippen molar-refractivity contribution in [2.24, 2.45) is 0 Å². The van der Waals surface area contributed by atoms with Crippen LogP contribution in [0, 0.1) is 0 Å². The van der Waals surface area contributed by atoms with Crippen LogP contribution in [0.15, 0.2) is 29.4 Å². The quantitative estimate of drug-likeness (QED) is 0.900. The number of aromatic amines is 1. The van der Waals surface area contributed by atoms with E-state index in [1.165, 1.54) is 4.31 Å². The molecule has 6 heteroatoms. The molecule has 0 atom stereocenters. The first-order chi connectivity index (χ1) is 8.09. The molecule has 2 rings (SSSR count). The summed E-state index contributed by atoms with van der Waals surface area (Å²) >= 11 is 0. The fourth-order valence-electron chi connectivity index (χ4n) is 1.79. The van der Waals surface area contributed by atoms with Crippen LogP contribution in [0.25, 0.3) is 11.0 Å². The van der Waals surface area contributed by atoms with E-state index in [0.717, 1.165) is 11.0 Å². The average Bonchev–Trinajstić information content (AvgIpc) is 2.77. The Morgan fingerprint density at radius 2 is 2.00 bits per heavy atom. The van der Waals surface area contributed by atoms with Crippen LogP contribution in [0.3, 0.4) is 0 Å². The second kappa shape index (κ2) is 4.46. The predicted octanol–water partition coefficient (Wildman–Crippen LogP) is 1.59. The number of nitrogens with zero attached hydrogens (tertiary/aromatic N) is 2. The molecule has 0 aliphatic heterocycles. The van der Waals surface area contributed by atoms with E-state index in [4.69, 9.17) is 0 Å². The highest BCUT2D eigenvalue weighted by Crippen LogP contribution is 2.19. The maximum Gasteiger partial charge on any atom is 0.243 e. The van der Waals surface area contributed by atoms with Crippen LogP contribution >= 0.6 is 0 Å². The van der Waals surface area contributed by atoms with Crippen LogP contribution in [0.1, 0.15) is 13.8 Å². The van der Waals surface area contributed by atoms with Gasteiger partial charge in [-0.15, -0.1) is 0 Å². The minimum atomic E-state index is -3.38. The Hall–Kier alpha value is -1.40. The topological polar surface area (TPSA) is 66.1 Å². The lowest BCUT2D eigenvalue weighted by atomic mass is 10.3. The summed E-state index contributed by atoms with van der Waals surface area (Å²) in [6, 6.07) is 4.93. The van der Waals surface area contributed by atoms with Crippen LogP contribution in [0.4, 0.5) is 0 Å². The summed E-state index contributed by atoms with van der Waals surface area (Å²) in [7, 11) is -3.38. The molecule has 5 nitrogen and oxygen atoms in total. The van der Waals surface area contributed by atoms with Crippen molar-refractivity contribution in [3.05, 3.63) is 24.5 Å². The molecule has 92 valence electrons. The molecule has 0 spiro atoms. The van der Waals surface area contributed by atoms with Gasteiger partial charge in [0.2, 0.25) is 10.0 Å². The first-order valence-electron chi connectivity index (χ1n) is 5.53. The van der Waals surface area contributed by atoms with Gasteiger partial charge in [0.1, 0.15) is 0 Å². The average molecular weight is 253 g/mol. The van der Waals surface area contributed by atoms with Crippen molar-refractivity contribution >= 4 is 21.1 Å². The molecular formula is C11H15N3O2S. The van der Waals surface area contributed by atoms with Gasteiger partial charge in [0.25, 0.3) is 0 Å². The van der Waals surface area contributed by atoms with Crippen LogP contribution in [-0.4, -0.2) is 35.8 Å². The summed E-state index contributed by atoms with van der Waals surface area (Å²) in [5.74, 6) is 0. The summed E-state index contributed by atoms with van der Waals surface area (Å²) in [5, 5.41) is 0. The van der Waals surface area contributed by atoms with Crippen LogP contribution < -0.4 is 0 Å². The smallest absolute Gasteiger partial charge is 0.243 e. The Morgan fingerprint density at radius 3 is 2.65 bits per heavy atom. The Labute approximate surface area is 101 Å². The molecule has 0 aliphatic carbocycles. The highest BCUT2D eigenvalue weighted by atomic mass is 32.2. The lowest BCUT2D eigenvalue weighted by Gasteiger charge is -2.18. The van der Waals surface area contributed by atoms with E-state index in [-0.39, 0.29) is 0 Å². The van der Waals surface area contributed by atoms with Gasteiger partial charge >= 0.3 is 0 Å². The first-order valence-corrected chi connectivity index (χ1v) is 6.97. The van der Waals surface area contributed by atoms with Crippen molar-refractivity contribution in [3.8, 4) is 0 Å². The molecule has 0 unspecified atom stereocenters. The summed E-state index contributed by atoms with van der Waals surface area (Å²) in [6.07, 6.45) is 1.55. The molecular weight excluding hydrogens is 238 g/mol. The zero-order valence-corrected chi connectivity index (χ0v) is 10.7. The Morgan fingerprint density at radius 1 is 1.29 bits per heavy atom. The van der Waals surface area contributed by atoms with Gasteiger partial charge in [-0.05, 0) is 18.2 Å². The first kappa shape index (κ1) is 12.1. The number of hydrogen-bond donors (Lipinski definition) is 1. The minimum absolute atomic E-state index is 0.304. The van der Waals surface area contributed by atoms with Gasteiger partial charge in [-0.3, -0.25) is 0 Å². The Balaban J connectivity index is 2.51. The van der Waals surface area contributed by atoms with Gasteiger partial charge in [-0.2, -0.15) is 4.31 Å². The SMILES string of the molecule is CCN(CC)S(=O)(=O)c1ccc2nc[nH]c2c1. The maximum atomic E-state index is 12.3. The number of rotatable bonds is 4. The minimum Gasteiger partial charge on any atom is -0.345 e. The van der Waals surface area contributed by atoms with Crippen LogP contribution in [0.5, 0.6) is 0 Å². The number of benzene rings is 1. The third-order valence-electron chi connectivity index (χ3n) is 2.73. The zero-order chi connectivity index (χ0) is 12.5. The monoisotopic (exact) mass is 253 g/mol. The summed E-state index contributed by atoms with van der Waals surface area (Å²) in [5.41, 5.74) is 1.50. The lowest BCUT2D eigenvalue weighted by molar-refractivity contribution is 0.445. The van der Waals surface area contributed by atoms with Gasteiger partial charge in [0.15, 0.2) is 0 Å². The van der Waals surface area contributed by atoms with Crippen molar-refractivity contribution in [3.63, 3.8) is 0 Å². The van der Waals surface area contributed by atoms with Crippen molar-refractivity contribution in [2.75, 3.05) is 13.1 Å². The molecule has 0 radical (unpaired) electrons. The molecule has 1 aromatic carbocycles. The molecule has 1 N–H and O–H groups in total. The molecule has 2 aromatic rings. The van der Waals surface area contributed by atoms with Gasteiger partial charge in [-0.1, -0.05) is 13.8 Å². The molecule has 0 amide bonds. The van der Waals surface area contributed by atoms with E-state index in [0.29, 0.717) is 18.0 Å². The zero-order valence-electron chi connectivity index (χ0n) is 9.84. The second-order valence-corrected chi connectivity index (χ2v) is 5.61. The molecule has 0 saturated carbocycles.